The quantitative estimate of drug-likeness (QED) is 0.406. The van der Waals surface area contributed by atoms with E-state index in [2.05, 4.69) is 20.8 Å². The first-order valence-corrected chi connectivity index (χ1v) is 8.93. The largest absolute Gasteiger partial charge is 0.390 e. The molecule has 0 aromatic rings. The van der Waals surface area contributed by atoms with Gasteiger partial charge in [-0.25, -0.2) is 0 Å². The Morgan fingerprint density at radius 1 is 0.500 bits per heavy atom. The van der Waals surface area contributed by atoms with Gasteiger partial charge in [0.15, 0.2) is 0 Å². The van der Waals surface area contributed by atoms with Gasteiger partial charge in [-0.3, -0.25) is 0 Å². The van der Waals surface area contributed by atoms with Crippen molar-refractivity contribution < 1.29 is 5.11 Å². The normalized spacial score (nSPS) is 12.9. The third-order valence-corrected chi connectivity index (χ3v) is 3.97. The molecular weight excluding hydrogens is 244 g/mol. The lowest BCUT2D eigenvalue weighted by Gasteiger charge is -2.17. The molecule has 0 aliphatic heterocycles. The van der Waals surface area contributed by atoms with Gasteiger partial charge in [-0.05, 0) is 32.1 Å². The first-order valence-electron chi connectivity index (χ1n) is 8.93. The standard InChI is InChI=1S/C19H40O/c1-18(2,3)16-14-12-10-8-6-7-9-11-13-15-17-19(4,5)20/h20H,6-17H2,1-5H3. The maximum absolute atomic E-state index is 9.61. The Hall–Kier alpha value is -0.0400. The smallest absolute Gasteiger partial charge is 0.0591 e. The molecule has 122 valence electrons. The van der Waals surface area contributed by atoms with Crippen LogP contribution in [0.3, 0.4) is 0 Å². The third-order valence-electron chi connectivity index (χ3n) is 3.97. The van der Waals surface area contributed by atoms with Crippen LogP contribution >= 0.6 is 0 Å². The van der Waals surface area contributed by atoms with E-state index in [9.17, 15) is 5.11 Å². The molecule has 0 aliphatic carbocycles. The van der Waals surface area contributed by atoms with Crippen molar-refractivity contribution >= 4 is 0 Å². The van der Waals surface area contributed by atoms with Gasteiger partial charge in [0.05, 0.1) is 5.60 Å². The second-order valence-corrected chi connectivity index (χ2v) is 8.41. The molecule has 0 fully saturated rings. The zero-order chi connectivity index (χ0) is 15.5. The Bertz CT molecular complexity index is 183. The molecule has 0 atom stereocenters. The fourth-order valence-corrected chi connectivity index (χ4v) is 2.63. The molecule has 1 nitrogen and oxygen atoms in total. The van der Waals surface area contributed by atoms with Crippen LogP contribution in [-0.2, 0) is 0 Å². The minimum absolute atomic E-state index is 0.465. The highest BCUT2D eigenvalue weighted by atomic mass is 16.3. The Morgan fingerprint density at radius 2 is 0.800 bits per heavy atom. The number of hydrogen-bond donors (Lipinski definition) is 1. The monoisotopic (exact) mass is 284 g/mol. The Balaban J connectivity index is 3.10. The average molecular weight is 285 g/mol. The molecule has 0 saturated carbocycles. The van der Waals surface area contributed by atoms with Crippen LogP contribution in [-0.4, -0.2) is 10.7 Å². The lowest BCUT2D eigenvalue weighted by atomic mass is 9.89. The summed E-state index contributed by atoms with van der Waals surface area (Å²) >= 11 is 0. The maximum atomic E-state index is 9.61. The van der Waals surface area contributed by atoms with Crippen molar-refractivity contribution in [2.45, 2.75) is 117 Å². The third kappa shape index (κ3) is 18.0. The molecule has 20 heavy (non-hydrogen) atoms. The molecule has 0 aromatic carbocycles. The van der Waals surface area contributed by atoms with E-state index in [-0.39, 0.29) is 0 Å². The average Bonchev–Trinajstić information content (AvgIpc) is 2.27. The fourth-order valence-electron chi connectivity index (χ4n) is 2.63. The van der Waals surface area contributed by atoms with Gasteiger partial charge in [0, 0.05) is 0 Å². The van der Waals surface area contributed by atoms with Crippen LogP contribution in [0.1, 0.15) is 112 Å². The van der Waals surface area contributed by atoms with E-state index in [1.807, 2.05) is 13.8 Å². The van der Waals surface area contributed by atoms with Crippen molar-refractivity contribution in [2.24, 2.45) is 5.41 Å². The molecule has 0 radical (unpaired) electrons. The van der Waals surface area contributed by atoms with E-state index in [1.54, 1.807) is 0 Å². The second kappa shape index (κ2) is 10.7. The molecule has 0 spiro atoms. The zero-order valence-corrected chi connectivity index (χ0v) is 14.9. The number of hydrogen-bond acceptors (Lipinski definition) is 1. The van der Waals surface area contributed by atoms with Gasteiger partial charge in [-0.2, -0.15) is 0 Å². The van der Waals surface area contributed by atoms with E-state index in [0.717, 1.165) is 6.42 Å². The van der Waals surface area contributed by atoms with E-state index in [1.165, 1.54) is 70.6 Å². The van der Waals surface area contributed by atoms with E-state index >= 15 is 0 Å². The fraction of sp³-hybridized carbons (Fsp3) is 1.00. The summed E-state index contributed by atoms with van der Waals surface area (Å²) in [6.07, 6.45) is 16.0. The van der Waals surface area contributed by atoms with Crippen molar-refractivity contribution in [3.8, 4) is 0 Å². The number of rotatable bonds is 12. The van der Waals surface area contributed by atoms with E-state index < -0.39 is 5.60 Å². The minimum Gasteiger partial charge on any atom is -0.390 e. The Morgan fingerprint density at radius 3 is 1.10 bits per heavy atom. The molecule has 0 aliphatic rings. The molecule has 1 heteroatoms. The van der Waals surface area contributed by atoms with E-state index in [0.29, 0.717) is 5.41 Å². The van der Waals surface area contributed by atoms with Crippen molar-refractivity contribution in [3.05, 3.63) is 0 Å². The van der Waals surface area contributed by atoms with Gasteiger partial charge in [0.25, 0.3) is 0 Å². The van der Waals surface area contributed by atoms with Crippen molar-refractivity contribution in [3.63, 3.8) is 0 Å². The van der Waals surface area contributed by atoms with Gasteiger partial charge in [0.1, 0.15) is 0 Å². The van der Waals surface area contributed by atoms with Crippen molar-refractivity contribution in [1.82, 2.24) is 0 Å². The summed E-state index contributed by atoms with van der Waals surface area (Å²) in [4.78, 5) is 0. The summed E-state index contributed by atoms with van der Waals surface area (Å²) in [5.41, 5.74) is 0.0518. The second-order valence-electron chi connectivity index (χ2n) is 8.41. The molecule has 0 saturated heterocycles. The van der Waals surface area contributed by atoms with Crippen LogP contribution in [0.2, 0.25) is 0 Å². The number of aliphatic hydroxyl groups is 1. The molecule has 0 aromatic heterocycles. The highest BCUT2D eigenvalue weighted by molar-refractivity contribution is 4.64. The van der Waals surface area contributed by atoms with Crippen LogP contribution < -0.4 is 0 Å². The van der Waals surface area contributed by atoms with Gasteiger partial charge in [-0.15, -0.1) is 0 Å². The Labute approximate surface area is 128 Å². The van der Waals surface area contributed by atoms with Gasteiger partial charge in [-0.1, -0.05) is 85.0 Å². The van der Waals surface area contributed by atoms with Crippen molar-refractivity contribution in [2.75, 3.05) is 0 Å². The summed E-state index contributed by atoms with van der Waals surface area (Å²) in [6.45, 7) is 10.8. The molecule has 0 unspecified atom stereocenters. The summed E-state index contributed by atoms with van der Waals surface area (Å²) in [6, 6.07) is 0. The topological polar surface area (TPSA) is 20.2 Å². The van der Waals surface area contributed by atoms with Crippen LogP contribution in [0.15, 0.2) is 0 Å². The van der Waals surface area contributed by atoms with Crippen LogP contribution in [0.25, 0.3) is 0 Å². The molecule has 1 N–H and O–H groups in total. The highest BCUT2D eigenvalue weighted by Gasteiger charge is 2.10. The molecule has 0 rings (SSSR count). The van der Waals surface area contributed by atoms with Gasteiger partial charge < -0.3 is 5.11 Å². The minimum atomic E-state index is -0.465. The predicted octanol–water partition coefficient (Wildman–Crippen LogP) is 6.48. The lowest BCUT2D eigenvalue weighted by molar-refractivity contribution is 0.0680. The first-order chi connectivity index (χ1) is 9.21. The van der Waals surface area contributed by atoms with Crippen LogP contribution in [0.5, 0.6) is 0 Å². The highest BCUT2D eigenvalue weighted by Crippen LogP contribution is 2.22. The lowest BCUT2D eigenvalue weighted by Crippen LogP contribution is -2.17. The molecule has 0 heterocycles. The van der Waals surface area contributed by atoms with Gasteiger partial charge >= 0.3 is 0 Å². The van der Waals surface area contributed by atoms with E-state index in [4.69, 9.17) is 0 Å². The molecule has 0 bridgehead atoms. The Kier molecular flexibility index (Phi) is 10.6. The molecular formula is C19H40O. The summed E-state index contributed by atoms with van der Waals surface area (Å²) < 4.78 is 0. The summed E-state index contributed by atoms with van der Waals surface area (Å²) in [5.74, 6) is 0. The predicted molar refractivity (Wildman–Crippen MR) is 91.2 cm³/mol. The summed E-state index contributed by atoms with van der Waals surface area (Å²) in [5, 5.41) is 9.61. The SMILES string of the molecule is CC(C)(C)CCCCCCCCCCCCC(C)(C)O. The zero-order valence-electron chi connectivity index (χ0n) is 14.9. The van der Waals surface area contributed by atoms with Crippen LogP contribution in [0, 0.1) is 5.41 Å². The maximum Gasteiger partial charge on any atom is 0.0591 e. The van der Waals surface area contributed by atoms with Gasteiger partial charge in [0.2, 0.25) is 0 Å². The molecule has 0 amide bonds. The van der Waals surface area contributed by atoms with Crippen molar-refractivity contribution in [1.29, 1.82) is 0 Å². The van der Waals surface area contributed by atoms with Crippen LogP contribution in [0.4, 0.5) is 0 Å². The first kappa shape index (κ1) is 20.0. The number of unbranched alkanes of at least 4 members (excludes halogenated alkanes) is 9. The summed E-state index contributed by atoms with van der Waals surface area (Å²) in [7, 11) is 0.